The zero-order valence-corrected chi connectivity index (χ0v) is 15.7. The third kappa shape index (κ3) is 5.49. The molecule has 148 valence electrons. The van der Waals surface area contributed by atoms with Gasteiger partial charge in [0.15, 0.2) is 0 Å². The minimum absolute atomic E-state index is 0.0854. The van der Waals surface area contributed by atoms with Gasteiger partial charge in [-0.2, -0.15) is 5.10 Å². The summed E-state index contributed by atoms with van der Waals surface area (Å²) in [7, 11) is 1.61. The van der Waals surface area contributed by atoms with Crippen LogP contribution in [0.5, 0.6) is 23.0 Å². The molecule has 0 bridgehead atoms. The monoisotopic (exact) mass is 392 g/mol. The molecular formula is C22H20N2O5. The molecule has 0 aliphatic rings. The van der Waals surface area contributed by atoms with E-state index in [1.54, 1.807) is 19.2 Å². The number of aromatic hydroxyl groups is 2. The van der Waals surface area contributed by atoms with Crippen LogP contribution in [0.15, 0.2) is 71.8 Å². The van der Waals surface area contributed by atoms with Crippen molar-refractivity contribution in [1.82, 2.24) is 5.43 Å². The number of phenolic OH excluding ortho intramolecular Hbond substituents is 2. The Morgan fingerprint density at radius 1 is 1.03 bits per heavy atom. The van der Waals surface area contributed by atoms with E-state index in [1.807, 2.05) is 36.4 Å². The zero-order chi connectivity index (χ0) is 20.6. The molecule has 3 aromatic rings. The van der Waals surface area contributed by atoms with E-state index in [1.165, 1.54) is 18.3 Å². The van der Waals surface area contributed by atoms with E-state index in [-0.39, 0.29) is 17.1 Å². The molecule has 7 heteroatoms. The highest BCUT2D eigenvalue weighted by Crippen LogP contribution is 2.21. The molecule has 1 amide bonds. The molecule has 3 N–H and O–H groups in total. The fourth-order valence-corrected chi connectivity index (χ4v) is 2.59. The fourth-order valence-electron chi connectivity index (χ4n) is 2.59. The molecule has 0 unspecified atom stereocenters. The number of nitrogens with one attached hydrogen (secondary N) is 1. The molecule has 0 fully saturated rings. The van der Waals surface area contributed by atoms with Crippen LogP contribution < -0.4 is 14.9 Å². The number of rotatable bonds is 7. The minimum atomic E-state index is -0.567. The van der Waals surface area contributed by atoms with Crippen LogP contribution in [0.4, 0.5) is 0 Å². The highest BCUT2D eigenvalue weighted by molar-refractivity contribution is 5.95. The normalized spacial score (nSPS) is 10.7. The predicted octanol–water partition coefficient (Wildman–Crippen LogP) is 3.45. The molecule has 0 saturated heterocycles. The molecule has 0 atom stereocenters. The molecular weight excluding hydrogens is 372 g/mol. The van der Waals surface area contributed by atoms with Gasteiger partial charge in [0.2, 0.25) is 0 Å². The average Bonchev–Trinajstić information content (AvgIpc) is 2.72. The predicted molar refractivity (Wildman–Crippen MR) is 109 cm³/mol. The van der Waals surface area contributed by atoms with Crippen LogP contribution in [0.1, 0.15) is 21.5 Å². The smallest absolute Gasteiger partial charge is 0.271 e. The first-order valence-corrected chi connectivity index (χ1v) is 8.76. The number of hydrogen-bond donors (Lipinski definition) is 3. The summed E-state index contributed by atoms with van der Waals surface area (Å²) in [5.41, 5.74) is 4.07. The molecule has 7 nitrogen and oxygen atoms in total. The number of hydrazone groups is 1. The van der Waals surface area contributed by atoms with Crippen molar-refractivity contribution < 1.29 is 24.5 Å². The van der Waals surface area contributed by atoms with Crippen LogP contribution >= 0.6 is 0 Å². The van der Waals surface area contributed by atoms with Crippen LogP contribution in [0.2, 0.25) is 0 Å². The highest BCUT2D eigenvalue weighted by atomic mass is 16.5. The molecule has 29 heavy (non-hydrogen) atoms. The second-order valence-electron chi connectivity index (χ2n) is 6.12. The lowest BCUT2D eigenvalue weighted by molar-refractivity contribution is 0.0954. The third-order valence-corrected chi connectivity index (χ3v) is 3.98. The van der Waals surface area contributed by atoms with Crippen LogP contribution in [0.25, 0.3) is 0 Å². The van der Waals surface area contributed by atoms with E-state index in [9.17, 15) is 15.0 Å². The van der Waals surface area contributed by atoms with Crippen molar-refractivity contribution in [2.45, 2.75) is 6.61 Å². The molecule has 0 radical (unpaired) electrons. The second kappa shape index (κ2) is 9.27. The summed E-state index contributed by atoms with van der Waals surface area (Å²) in [5, 5.41) is 22.9. The number of amides is 1. The van der Waals surface area contributed by atoms with Gasteiger partial charge in [-0.1, -0.05) is 24.3 Å². The largest absolute Gasteiger partial charge is 0.508 e. The van der Waals surface area contributed by atoms with E-state index >= 15 is 0 Å². The number of phenols is 2. The van der Waals surface area contributed by atoms with E-state index in [0.717, 1.165) is 17.4 Å². The third-order valence-electron chi connectivity index (χ3n) is 3.98. The first-order chi connectivity index (χ1) is 14.0. The maximum atomic E-state index is 12.1. The van der Waals surface area contributed by atoms with Gasteiger partial charge in [-0.3, -0.25) is 4.79 Å². The second-order valence-corrected chi connectivity index (χ2v) is 6.12. The Kier molecular flexibility index (Phi) is 6.32. The van der Waals surface area contributed by atoms with E-state index in [2.05, 4.69) is 10.5 Å². The van der Waals surface area contributed by atoms with Crippen molar-refractivity contribution in [3.8, 4) is 23.0 Å². The van der Waals surface area contributed by atoms with Gasteiger partial charge in [0.1, 0.15) is 29.6 Å². The van der Waals surface area contributed by atoms with Gasteiger partial charge in [-0.05, 0) is 42.0 Å². The average molecular weight is 392 g/mol. The highest BCUT2D eigenvalue weighted by Gasteiger charge is 2.08. The molecule has 3 aromatic carbocycles. The van der Waals surface area contributed by atoms with Gasteiger partial charge in [0, 0.05) is 17.2 Å². The van der Waals surface area contributed by atoms with Crippen molar-refractivity contribution in [2.75, 3.05) is 7.11 Å². The SMILES string of the molecule is COc1cccc(COc2ccccc2/C=N/NC(=O)c2cc(O)cc(O)c2)c1. The van der Waals surface area contributed by atoms with Crippen LogP contribution in [-0.2, 0) is 6.61 Å². The van der Waals surface area contributed by atoms with Crippen molar-refractivity contribution in [1.29, 1.82) is 0 Å². The first-order valence-electron chi connectivity index (χ1n) is 8.76. The summed E-state index contributed by atoms with van der Waals surface area (Å²) in [6.45, 7) is 0.344. The molecule has 0 aromatic heterocycles. The van der Waals surface area contributed by atoms with Crippen molar-refractivity contribution >= 4 is 12.1 Å². The van der Waals surface area contributed by atoms with Gasteiger partial charge in [-0.25, -0.2) is 5.43 Å². The minimum Gasteiger partial charge on any atom is -0.508 e. The quantitative estimate of drug-likeness (QED) is 0.422. The van der Waals surface area contributed by atoms with Gasteiger partial charge < -0.3 is 19.7 Å². The lowest BCUT2D eigenvalue weighted by atomic mass is 10.2. The molecule has 0 heterocycles. The van der Waals surface area contributed by atoms with Gasteiger partial charge >= 0.3 is 0 Å². The molecule has 0 saturated carbocycles. The number of carbonyl (C=O) groups excluding carboxylic acids is 1. The Bertz CT molecular complexity index is 1010. The van der Waals surface area contributed by atoms with Gasteiger partial charge in [-0.15, -0.1) is 0 Å². The number of ether oxygens (including phenoxy) is 2. The Morgan fingerprint density at radius 2 is 1.79 bits per heavy atom. The summed E-state index contributed by atoms with van der Waals surface area (Å²) >= 11 is 0. The van der Waals surface area contributed by atoms with Crippen molar-refractivity contribution in [2.24, 2.45) is 5.10 Å². The van der Waals surface area contributed by atoms with Crippen molar-refractivity contribution in [3.05, 3.63) is 83.4 Å². The Hall–Kier alpha value is -4.00. The number of nitrogens with zero attached hydrogens (tertiary/aromatic N) is 1. The summed E-state index contributed by atoms with van der Waals surface area (Å²) < 4.78 is 11.1. The van der Waals surface area contributed by atoms with E-state index < -0.39 is 5.91 Å². The molecule has 0 spiro atoms. The zero-order valence-electron chi connectivity index (χ0n) is 15.7. The van der Waals surface area contributed by atoms with E-state index in [0.29, 0.717) is 17.9 Å². The molecule has 0 aliphatic carbocycles. The van der Waals surface area contributed by atoms with Crippen LogP contribution in [0, 0.1) is 0 Å². The Balaban J connectivity index is 1.66. The summed E-state index contributed by atoms with van der Waals surface area (Å²) in [6.07, 6.45) is 1.46. The first kappa shape index (κ1) is 19.8. The van der Waals surface area contributed by atoms with Crippen LogP contribution in [0.3, 0.4) is 0 Å². The van der Waals surface area contributed by atoms with Crippen LogP contribution in [-0.4, -0.2) is 29.4 Å². The van der Waals surface area contributed by atoms with Crippen molar-refractivity contribution in [3.63, 3.8) is 0 Å². The summed E-state index contributed by atoms with van der Waals surface area (Å²) in [4.78, 5) is 12.1. The topological polar surface area (TPSA) is 100 Å². The lowest BCUT2D eigenvalue weighted by Crippen LogP contribution is -2.17. The number of methoxy groups -OCH3 is 1. The van der Waals surface area contributed by atoms with Gasteiger partial charge in [0.25, 0.3) is 5.91 Å². The maximum absolute atomic E-state index is 12.1. The summed E-state index contributed by atoms with van der Waals surface area (Å²) in [6, 6.07) is 18.4. The van der Waals surface area contributed by atoms with Gasteiger partial charge in [0.05, 0.1) is 13.3 Å². The fraction of sp³-hybridized carbons (Fsp3) is 0.0909. The van der Waals surface area contributed by atoms with E-state index in [4.69, 9.17) is 9.47 Å². The Labute approximate surface area is 167 Å². The maximum Gasteiger partial charge on any atom is 0.271 e. The molecule has 0 aliphatic heterocycles. The lowest BCUT2D eigenvalue weighted by Gasteiger charge is -2.10. The Morgan fingerprint density at radius 3 is 2.55 bits per heavy atom. The number of benzene rings is 3. The number of para-hydroxylation sites is 1. The summed E-state index contributed by atoms with van der Waals surface area (Å²) in [5.74, 6) is 0.359. The number of carbonyl (C=O) groups is 1. The standard InChI is InChI=1S/C22H20N2O5/c1-28-20-7-4-5-15(9-20)14-29-21-8-3-2-6-16(21)13-23-24-22(27)17-10-18(25)12-19(26)11-17/h2-13,25-26H,14H2,1H3,(H,24,27)/b23-13+. The number of hydrogen-bond acceptors (Lipinski definition) is 6. The molecule has 3 rings (SSSR count).